The van der Waals surface area contributed by atoms with E-state index in [1.807, 2.05) is 24.5 Å². The lowest BCUT2D eigenvalue weighted by atomic mass is 10.0. The van der Waals surface area contributed by atoms with E-state index in [0.717, 1.165) is 24.0 Å². The van der Waals surface area contributed by atoms with Crippen LogP contribution in [0, 0.1) is 0 Å². The molecule has 3 rings (SSSR count). The average Bonchev–Trinajstić information content (AvgIpc) is 3.13. The number of aryl methyl sites for hydroxylation is 1. The minimum Gasteiger partial charge on any atom is -0.450 e. The van der Waals surface area contributed by atoms with Crippen molar-refractivity contribution in [1.82, 2.24) is 9.97 Å². The summed E-state index contributed by atoms with van der Waals surface area (Å²) >= 11 is 0. The van der Waals surface area contributed by atoms with E-state index in [2.05, 4.69) is 16.9 Å². The normalized spacial score (nSPS) is 19.3. The summed E-state index contributed by atoms with van der Waals surface area (Å²) < 4.78 is 16.5. The third kappa shape index (κ3) is 7.50. The van der Waals surface area contributed by atoms with E-state index in [-0.39, 0.29) is 6.61 Å². The van der Waals surface area contributed by atoms with E-state index in [9.17, 15) is 9.90 Å². The van der Waals surface area contributed by atoms with Crippen molar-refractivity contribution in [2.75, 3.05) is 6.61 Å². The highest BCUT2D eigenvalue weighted by Gasteiger charge is 2.50. The Morgan fingerprint density at radius 3 is 2.09 bits per heavy atom. The molecule has 34 heavy (non-hydrogen) atoms. The number of hydrogen-bond acceptors (Lipinski definition) is 6. The van der Waals surface area contributed by atoms with Gasteiger partial charge in [-0.2, -0.15) is 0 Å². The number of rotatable bonds is 13. The maximum absolute atomic E-state index is 11.3. The second kappa shape index (κ2) is 12.3. The molecule has 1 aliphatic heterocycles. The Morgan fingerprint density at radius 2 is 1.56 bits per heavy atom. The van der Waals surface area contributed by atoms with Crippen molar-refractivity contribution in [3.63, 3.8) is 0 Å². The molecule has 1 aromatic heterocycles. The number of aromatic nitrogens is 2. The van der Waals surface area contributed by atoms with E-state index in [1.54, 1.807) is 26.0 Å². The van der Waals surface area contributed by atoms with Gasteiger partial charge in [0.2, 0.25) is 0 Å². The maximum Gasteiger partial charge on any atom is 0.508 e. The van der Waals surface area contributed by atoms with E-state index >= 15 is 0 Å². The van der Waals surface area contributed by atoms with Crippen LogP contribution < -0.4 is 0 Å². The Labute approximate surface area is 202 Å². The highest BCUT2D eigenvalue weighted by atomic mass is 16.9. The SMILES string of the molecule is CCCCCCCCCCCc1cnc(-c2ccc([C@@]3(OC(=O)O)COC(C)(C)O3)cc2)nc1. The Morgan fingerprint density at radius 1 is 0.971 bits per heavy atom. The Bertz CT molecular complexity index is 898. The molecule has 0 unspecified atom stereocenters. The number of carbonyl (C=O) groups is 1. The van der Waals surface area contributed by atoms with Gasteiger partial charge in [-0.3, -0.25) is 0 Å². The smallest absolute Gasteiger partial charge is 0.450 e. The predicted molar refractivity (Wildman–Crippen MR) is 130 cm³/mol. The second-order valence-electron chi connectivity index (χ2n) is 9.48. The van der Waals surface area contributed by atoms with Gasteiger partial charge in [0.1, 0.15) is 6.61 Å². The van der Waals surface area contributed by atoms with Crippen molar-refractivity contribution in [2.24, 2.45) is 0 Å². The zero-order chi connectivity index (χ0) is 24.4. The van der Waals surface area contributed by atoms with Gasteiger partial charge in [0, 0.05) is 23.5 Å². The third-order valence-corrected chi connectivity index (χ3v) is 6.13. The monoisotopic (exact) mass is 470 g/mol. The van der Waals surface area contributed by atoms with Crippen LogP contribution in [0.5, 0.6) is 0 Å². The first-order valence-electron chi connectivity index (χ1n) is 12.5. The fraction of sp³-hybridized carbons (Fsp3) is 0.593. The lowest BCUT2D eigenvalue weighted by Gasteiger charge is -2.27. The second-order valence-corrected chi connectivity index (χ2v) is 9.48. The van der Waals surface area contributed by atoms with Crippen molar-refractivity contribution in [3.8, 4) is 11.4 Å². The number of benzene rings is 1. The van der Waals surface area contributed by atoms with E-state index in [1.165, 1.54) is 51.4 Å². The molecular weight excluding hydrogens is 432 g/mol. The zero-order valence-corrected chi connectivity index (χ0v) is 20.7. The van der Waals surface area contributed by atoms with Crippen LogP contribution in [-0.2, 0) is 26.4 Å². The standard InChI is InChI=1S/C27H38N2O5/c1-4-5-6-7-8-9-10-11-12-13-21-18-28-24(29-19-21)22-14-16-23(17-15-22)27(33-25(30)31)20-32-26(2,3)34-27/h14-19H,4-13,20H2,1-3H3,(H,30,31)/t27-/m1/s1. The summed E-state index contributed by atoms with van der Waals surface area (Å²) in [6, 6.07) is 7.21. The van der Waals surface area contributed by atoms with Crippen LogP contribution in [0.1, 0.15) is 89.7 Å². The molecule has 0 bridgehead atoms. The highest BCUT2D eigenvalue weighted by molar-refractivity contribution is 5.59. The van der Waals surface area contributed by atoms with Crippen molar-refractivity contribution in [2.45, 2.75) is 96.6 Å². The number of hydrogen-bond donors (Lipinski definition) is 1. The van der Waals surface area contributed by atoms with Gasteiger partial charge in [-0.1, -0.05) is 82.6 Å². The molecule has 2 heterocycles. The molecule has 0 spiro atoms. The number of ether oxygens (including phenoxy) is 3. The average molecular weight is 471 g/mol. The van der Waals surface area contributed by atoms with E-state index in [0.29, 0.717) is 11.4 Å². The quantitative estimate of drug-likeness (QED) is 0.253. The molecule has 1 atom stereocenters. The molecule has 0 amide bonds. The van der Waals surface area contributed by atoms with Crippen LogP contribution >= 0.6 is 0 Å². The van der Waals surface area contributed by atoms with E-state index < -0.39 is 17.7 Å². The molecule has 1 N–H and O–H groups in total. The number of nitrogens with zero attached hydrogens (tertiary/aromatic N) is 2. The van der Waals surface area contributed by atoms with Gasteiger partial charge in [-0.05, 0) is 32.3 Å². The fourth-order valence-corrected chi connectivity index (χ4v) is 4.26. The summed E-state index contributed by atoms with van der Waals surface area (Å²) in [7, 11) is 0. The van der Waals surface area contributed by atoms with Crippen molar-refractivity contribution in [1.29, 1.82) is 0 Å². The van der Waals surface area contributed by atoms with Gasteiger partial charge in [-0.25, -0.2) is 14.8 Å². The summed E-state index contributed by atoms with van der Waals surface area (Å²) in [6.45, 7) is 5.68. The van der Waals surface area contributed by atoms with Crippen LogP contribution in [-0.4, -0.2) is 33.6 Å². The largest absolute Gasteiger partial charge is 0.508 e. The first-order chi connectivity index (χ1) is 16.3. The van der Waals surface area contributed by atoms with Crippen LogP contribution in [0.3, 0.4) is 0 Å². The molecule has 2 aromatic rings. The van der Waals surface area contributed by atoms with Crippen molar-refractivity contribution >= 4 is 6.16 Å². The van der Waals surface area contributed by atoms with E-state index in [4.69, 9.17) is 14.2 Å². The third-order valence-electron chi connectivity index (χ3n) is 6.13. The fourth-order valence-electron chi connectivity index (χ4n) is 4.26. The molecule has 186 valence electrons. The molecule has 0 radical (unpaired) electrons. The van der Waals surface area contributed by atoms with Crippen LogP contribution in [0.2, 0.25) is 0 Å². The lowest BCUT2D eigenvalue weighted by molar-refractivity contribution is -0.240. The Kier molecular flexibility index (Phi) is 9.42. The van der Waals surface area contributed by atoms with Crippen LogP contribution in [0.4, 0.5) is 4.79 Å². The summed E-state index contributed by atoms with van der Waals surface area (Å²) in [4.78, 5) is 20.3. The number of carboxylic acid groups (broad SMARTS) is 1. The number of unbranched alkanes of at least 4 members (excludes halogenated alkanes) is 8. The van der Waals surface area contributed by atoms with Gasteiger partial charge in [0.15, 0.2) is 11.6 Å². The van der Waals surface area contributed by atoms with Gasteiger partial charge in [0.25, 0.3) is 5.79 Å². The molecule has 1 fully saturated rings. The summed E-state index contributed by atoms with van der Waals surface area (Å²) in [5.74, 6) is -1.81. The molecule has 0 saturated carbocycles. The van der Waals surface area contributed by atoms with Gasteiger partial charge in [-0.15, -0.1) is 0 Å². The highest BCUT2D eigenvalue weighted by Crippen LogP contribution is 2.40. The van der Waals surface area contributed by atoms with Gasteiger partial charge >= 0.3 is 6.16 Å². The zero-order valence-electron chi connectivity index (χ0n) is 20.7. The molecule has 1 saturated heterocycles. The minimum absolute atomic E-state index is 0.0182. The molecule has 7 nitrogen and oxygen atoms in total. The summed E-state index contributed by atoms with van der Waals surface area (Å²) in [5.41, 5.74) is 2.55. The van der Waals surface area contributed by atoms with Crippen LogP contribution in [0.25, 0.3) is 11.4 Å². The minimum atomic E-state index is -1.49. The van der Waals surface area contributed by atoms with Crippen molar-refractivity contribution in [3.05, 3.63) is 47.8 Å². The molecule has 7 heteroatoms. The predicted octanol–water partition coefficient (Wildman–Crippen LogP) is 6.85. The molecule has 0 aliphatic carbocycles. The molecule has 1 aliphatic rings. The lowest BCUT2D eigenvalue weighted by Crippen LogP contribution is -2.36. The molecule has 1 aromatic carbocycles. The summed E-state index contributed by atoms with van der Waals surface area (Å²) in [5, 5.41) is 9.20. The Hall–Kier alpha value is -2.51. The molecular formula is C27H38N2O5. The van der Waals surface area contributed by atoms with Crippen molar-refractivity contribution < 1.29 is 24.1 Å². The first kappa shape index (κ1) is 26.1. The topological polar surface area (TPSA) is 90.8 Å². The van der Waals surface area contributed by atoms with Gasteiger partial charge in [0.05, 0.1) is 0 Å². The van der Waals surface area contributed by atoms with Gasteiger partial charge < -0.3 is 19.3 Å². The first-order valence-corrected chi connectivity index (χ1v) is 12.5. The maximum atomic E-state index is 11.3. The Balaban J connectivity index is 1.51. The van der Waals surface area contributed by atoms with Crippen LogP contribution in [0.15, 0.2) is 36.7 Å². The summed E-state index contributed by atoms with van der Waals surface area (Å²) in [6.07, 6.45) is 15.2.